The number of nitrogens with one attached hydrogen (secondary N) is 1. The van der Waals surface area contributed by atoms with Crippen molar-refractivity contribution >= 4 is 22.8 Å². The molecular weight excluding hydrogens is 378 g/mol. The zero-order valence-corrected chi connectivity index (χ0v) is 17.9. The summed E-state index contributed by atoms with van der Waals surface area (Å²) < 4.78 is 7.56. The van der Waals surface area contributed by atoms with Crippen LogP contribution in [0.4, 0.5) is 11.8 Å². The number of unbranched alkanes of at least 4 members (excludes halogenated alkanes) is 1. The van der Waals surface area contributed by atoms with Crippen molar-refractivity contribution < 1.29 is 4.74 Å². The normalized spacial score (nSPS) is 14.5. The highest BCUT2D eigenvalue weighted by molar-refractivity contribution is 5.85. The summed E-state index contributed by atoms with van der Waals surface area (Å²) in [6, 6.07) is 6.47. The Morgan fingerprint density at radius 1 is 1.17 bits per heavy atom. The summed E-state index contributed by atoms with van der Waals surface area (Å²) in [5.41, 5.74) is 9.74. The molecule has 0 atom stereocenters. The average Bonchev–Trinajstić information content (AvgIpc) is 3.38. The van der Waals surface area contributed by atoms with Gasteiger partial charge in [-0.1, -0.05) is 25.5 Å². The van der Waals surface area contributed by atoms with Crippen molar-refractivity contribution in [1.29, 1.82) is 0 Å². The van der Waals surface area contributed by atoms with Crippen LogP contribution in [-0.2, 0) is 13.1 Å². The quantitative estimate of drug-likeness (QED) is 0.524. The lowest BCUT2D eigenvalue weighted by Crippen LogP contribution is -2.18. The number of nitrogens with zero attached hydrogens (tertiary/aromatic N) is 5. The Kier molecular flexibility index (Phi) is 6.32. The van der Waals surface area contributed by atoms with Crippen LogP contribution >= 0.6 is 0 Å². The highest BCUT2D eigenvalue weighted by Crippen LogP contribution is 2.25. The Hall–Kier alpha value is -2.87. The molecule has 0 aliphatic carbocycles. The van der Waals surface area contributed by atoms with Gasteiger partial charge in [0, 0.05) is 18.7 Å². The summed E-state index contributed by atoms with van der Waals surface area (Å²) in [5, 5.41) is 8.05. The molecule has 3 aromatic rings. The summed E-state index contributed by atoms with van der Waals surface area (Å²) in [5.74, 6) is 1.83. The van der Waals surface area contributed by atoms with Gasteiger partial charge < -0.3 is 15.8 Å². The van der Waals surface area contributed by atoms with Gasteiger partial charge in [-0.2, -0.15) is 10.1 Å². The number of aromatic nitrogens is 4. The minimum Gasteiger partial charge on any atom is -0.496 e. The predicted molar refractivity (Wildman–Crippen MR) is 120 cm³/mol. The van der Waals surface area contributed by atoms with Gasteiger partial charge in [-0.05, 0) is 44.0 Å². The minimum atomic E-state index is 0.255. The van der Waals surface area contributed by atoms with Gasteiger partial charge in [0.05, 0.1) is 19.9 Å². The standard InChI is InChI=1S/C22H31N7O/c1-3-4-9-24-21-20-18(25-22(23)26-21)15-29(27-20)14-17-8-7-16(12-19(17)30-2)13-28-10-5-6-11-28/h7-8,12,15H,3-6,9-11,13-14H2,1-2H3,(H3,23,24,25,26). The Balaban J connectivity index is 1.55. The number of benzene rings is 1. The predicted octanol–water partition coefficient (Wildman–Crippen LogP) is 3.27. The van der Waals surface area contributed by atoms with Gasteiger partial charge in [0.1, 0.15) is 11.3 Å². The molecule has 1 saturated heterocycles. The second-order valence-corrected chi connectivity index (χ2v) is 7.90. The van der Waals surface area contributed by atoms with Crippen molar-refractivity contribution in [2.75, 3.05) is 37.8 Å². The number of ether oxygens (including phenoxy) is 1. The van der Waals surface area contributed by atoms with Gasteiger partial charge in [0.2, 0.25) is 5.95 Å². The molecule has 3 N–H and O–H groups in total. The largest absolute Gasteiger partial charge is 0.496 e. The number of nitrogens with two attached hydrogens (primary N) is 1. The molecule has 1 aliphatic rings. The molecule has 0 spiro atoms. The van der Waals surface area contributed by atoms with Gasteiger partial charge in [0.15, 0.2) is 11.3 Å². The molecule has 8 nitrogen and oxygen atoms in total. The van der Waals surface area contributed by atoms with Crippen LogP contribution in [-0.4, -0.2) is 51.4 Å². The summed E-state index contributed by atoms with van der Waals surface area (Å²) >= 11 is 0. The smallest absolute Gasteiger partial charge is 0.222 e. The Morgan fingerprint density at radius 2 is 2.00 bits per heavy atom. The van der Waals surface area contributed by atoms with Crippen LogP contribution in [0.2, 0.25) is 0 Å². The number of rotatable bonds is 9. The monoisotopic (exact) mass is 409 g/mol. The summed E-state index contributed by atoms with van der Waals surface area (Å²) in [7, 11) is 1.72. The van der Waals surface area contributed by atoms with Crippen LogP contribution < -0.4 is 15.8 Å². The maximum atomic E-state index is 5.90. The van der Waals surface area contributed by atoms with E-state index in [9.17, 15) is 0 Å². The van der Waals surface area contributed by atoms with Crippen LogP contribution in [0.3, 0.4) is 0 Å². The van der Waals surface area contributed by atoms with Gasteiger partial charge >= 0.3 is 0 Å². The second-order valence-electron chi connectivity index (χ2n) is 7.90. The van der Waals surface area contributed by atoms with E-state index in [0.717, 1.165) is 48.3 Å². The third-order valence-electron chi connectivity index (χ3n) is 5.54. The first-order chi connectivity index (χ1) is 14.7. The molecule has 8 heteroatoms. The molecule has 0 radical (unpaired) electrons. The van der Waals surface area contributed by atoms with E-state index in [0.29, 0.717) is 12.4 Å². The maximum Gasteiger partial charge on any atom is 0.222 e. The lowest BCUT2D eigenvalue weighted by Gasteiger charge is -2.16. The minimum absolute atomic E-state index is 0.255. The van der Waals surface area contributed by atoms with E-state index in [2.05, 4.69) is 45.3 Å². The maximum absolute atomic E-state index is 5.90. The van der Waals surface area contributed by atoms with E-state index in [1.165, 1.54) is 31.5 Å². The first-order valence-electron chi connectivity index (χ1n) is 10.8. The zero-order valence-electron chi connectivity index (χ0n) is 17.9. The molecule has 1 aliphatic heterocycles. The van der Waals surface area contributed by atoms with E-state index in [1.807, 2.05) is 10.9 Å². The van der Waals surface area contributed by atoms with Crippen molar-refractivity contribution in [3.63, 3.8) is 0 Å². The molecular formula is C22H31N7O. The Morgan fingerprint density at radius 3 is 2.77 bits per heavy atom. The van der Waals surface area contributed by atoms with Crippen molar-refractivity contribution in [2.24, 2.45) is 0 Å². The highest BCUT2D eigenvalue weighted by Gasteiger charge is 2.15. The number of anilines is 2. The average molecular weight is 410 g/mol. The lowest BCUT2D eigenvalue weighted by atomic mass is 10.1. The fraction of sp³-hybridized carbons (Fsp3) is 0.500. The number of fused-ring (bicyclic) bond motifs is 1. The van der Waals surface area contributed by atoms with Crippen LogP contribution in [0.15, 0.2) is 24.4 Å². The second kappa shape index (κ2) is 9.30. The molecule has 0 bridgehead atoms. The van der Waals surface area contributed by atoms with Gasteiger partial charge in [-0.25, -0.2) is 4.98 Å². The van der Waals surface area contributed by atoms with Gasteiger partial charge in [-0.3, -0.25) is 9.58 Å². The molecule has 4 rings (SSSR count). The fourth-order valence-corrected chi connectivity index (χ4v) is 3.96. The fourth-order valence-electron chi connectivity index (χ4n) is 3.96. The molecule has 0 unspecified atom stereocenters. The van der Waals surface area contributed by atoms with Crippen LogP contribution in [0, 0.1) is 0 Å². The molecule has 0 saturated carbocycles. The topological polar surface area (TPSA) is 94.1 Å². The highest BCUT2D eigenvalue weighted by atomic mass is 16.5. The first kappa shape index (κ1) is 20.4. The number of nitrogen functional groups attached to an aromatic ring is 1. The van der Waals surface area contributed by atoms with E-state index in [4.69, 9.17) is 15.6 Å². The third kappa shape index (κ3) is 4.64. The van der Waals surface area contributed by atoms with E-state index < -0.39 is 0 Å². The molecule has 3 heterocycles. The van der Waals surface area contributed by atoms with Crippen molar-refractivity contribution in [3.05, 3.63) is 35.5 Å². The third-order valence-corrected chi connectivity index (χ3v) is 5.54. The van der Waals surface area contributed by atoms with E-state index in [1.54, 1.807) is 7.11 Å². The summed E-state index contributed by atoms with van der Waals surface area (Å²) in [6.07, 6.45) is 6.68. The van der Waals surface area contributed by atoms with Gasteiger partial charge in [0.25, 0.3) is 0 Å². The van der Waals surface area contributed by atoms with Crippen LogP contribution in [0.1, 0.15) is 43.7 Å². The zero-order chi connectivity index (χ0) is 20.9. The molecule has 30 heavy (non-hydrogen) atoms. The SMILES string of the molecule is CCCCNc1nc(N)nc2cn(Cc3ccc(CN4CCCC4)cc3OC)nc12. The van der Waals surface area contributed by atoms with Crippen molar-refractivity contribution in [3.8, 4) is 5.75 Å². The number of hydrogen-bond donors (Lipinski definition) is 2. The van der Waals surface area contributed by atoms with E-state index >= 15 is 0 Å². The number of hydrogen-bond acceptors (Lipinski definition) is 7. The van der Waals surface area contributed by atoms with Crippen molar-refractivity contribution in [2.45, 2.75) is 45.7 Å². The molecule has 1 fully saturated rings. The Bertz CT molecular complexity index is 995. The first-order valence-corrected chi connectivity index (χ1v) is 10.8. The summed E-state index contributed by atoms with van der Waals surface area (Å²) in [6.45, 7) is 6.93. The Labute approximate surface area is 177 Å². The van der Waals surface area contributed by atoms with E-state index in [-0.39, 0.29) is 5.95 Å². The van der Waals surface area contributed by atoms with Crippen LogP contribution in [0.25, 0.3) is 11.0 Å². The van der Waals surface area contributed by atoms with Crippen molar-refractivity contribution in [1.82, 2.24) is 24.6 Å². The number of methoxy groups -OCH3 is 1. The number of likely N-dealkylation sites (tertiary alicyclic amines) is 1. The van der Waals surface area contributed by atoms with Crippen LogP contribution in [0.5, 0.6) is 5.75 Å². The summed E-state index contributed by atoms with van der Waals surface area (Å²) in [4.78, 5) is 11.2. The van der Waals surface area contributed by atoms with Gasteiger partial charge in [-0.15, -0.1) is 0 Å². The lowest BCUT2D eigenvalue weighted by molar-refractivity contribution is 0.330. The molecule has 0 amide bonds. The molecule has 160 valence electrons. The molecule has 1 aromatic carbocycles. The molecule has 2 aromatic heterocycles.